The van der Waals surface area contributed by atoms with Gasteiger partial charge in [-0.05, 0) is 42.5 Å². The van der Waals surface area contributed by atoms with Crippen molar-refractivity contribution in [3.05, 3.63) is 48.0 Å². The third-order valence-corrected chi connectivity index (χ3v) is 6.63. The quantitative estimate of drug-likeness (QED) is 0.739. The second-order valence-electron chi connectivity index (χ2n) is 6.08. The number of H-pyrrole nitrogens is 1. The van der Waals surface area contributed by atoms with Crippen molar-refractivity contribution in [3.8, 4) is 5.75 Å². The van der Waals surface area contributed by atoms with Crippen LogP contribution in [0.5, 0.6) is 5.75 Å². The molecule has 1 aliphatic heterocycles. The molecule has 0 bridgehead atoms. The molecule has 4 rings (SSSR count). The van der Waals surface area contributed by atoms with Crippen LogP contribution >= 0.6 is 0 Å². The van der Waals surface area contributed by atoms with E-state index in [4.69, 9.17) is 4.74 Å². The molecule has 9 heteroatoms. The highest BCUT2D eigenvalue weighted by molar-refractivity contribution is 7.92. The van der Waals surface area contributed by atoms with Crippen LogP contribution in [0.1, 0.15) is 10.4 Å². The normalized spacial score (nSPS) is 15.0. The number of rotatable bonds is 4. The first-order valence-electron chi connectivity index (χ1n) is 7.97. The first-order valence-corrected chi connectivity index (χ1v) is 9.51. The summed E-state index contributed by atoms with van der Waals surface area (Å²) in [5.74, 6) is 0.383. The highest BCUT2D eigenvalue weighted by atomic mass is 32.2. The van der Waals surface area contributed by atoms with Gasteiger partial charge in [0, 0.05) is 18.7 Å². The Morgan fingerprint density at radius 2 is 1.81 bits per heavy atom. The van der Waals surface area contributed by atoms with Crippen molar-refractivity contribution >= 4 is 26.8 Å². The number of nitrogens with zero attached hydrogens (tertiary/aromatic N) is 3. The molecule has 0 spiro atoms. The molecule has 0 atom stereocenters. The number of methoxy groups -OCH3 is 1. The van der Waals surface area contributed by atoms with Crippen molar-refractivity contribution in [2.45, 2.75) is 10.1 Å². The number of aromatic nitrogens is 3. The number of carbonyl (C=O) groups is 1. The van der Waals surface area contributed by atoms with Gasteiger partial charge in [0.25, 0.3) is 5.91 Å². The molecule has 1 fully saturated rings. The molecule has 3 aromatic rings. The van der Waals surface area contributed by atoms with Gasteiger partial charge < -0.3 is 9.64 Å². The molecule has 0 unspecified atom stereocenters. The zero-order valence-corrected chi connectivity index (χ0v) is 14.7. The van der Waals surface area contributed by atoms with Gasteiger partial charge in [0.05, 0.1) is 12.0 Å². The maximum atomic E-state index is 12.7. The Labute approximate surface area is 149 Å². The minimum atomic E-state index is -3.48. The van der Waals surface area contributed by atoms with Gasteiger partial charge in [-0.3, -0.25) is 4.79 Å². The number of fused-ring (bicyclic) bond motifs is 1. The minimum absolute atomic E-state index is 0.171. The molecule has 1 amide bonds. The lowest BCUT2D eigenvalue weighted by Gasteiger charge is -2.38. The standard InChI is InChI=1S/C17H16N4O4S/c1-25-12-3-5-13(6-4-12)26(23,24)14-9-21(10-14)17(22)11-2-7-15-16(8-11)19-20-18-15/h2-8,14H,9-10H2,1H3,(H,18,19,20). The number of aromatic amines is 1. The van der Waals surface area contributed by atoms with Crippen LogP contribution in [-0.2, 0) is 9.84 Å². The summed E-state index contributed by atoms with van der Waals surface area (Å²) < 4.78 is 30.4. The third-order valence-electron chi connectivity index (χ3n) is 4.53. The minimum Gasteiger partial charge on any atom is -0.497 e. The van der Waals surface area contributed by atoms with Gasteiger partial charge in [-0.1, -0.05) is 0 Å². The number of benzene rings is 2. The highest BCUT2D eigenvalue weighted by Gasteiger charge is 2.40. The first kappa shape index (κ1) is 16.5. The zero-order valence-electron chi connectivity index (χ0n) is 13.9. The Bertz CT molecular complexity index is 1070. The average molecular weight is 372 g/mol. The number of ether oxygens (including phenoxy) is 1. The van der Waals surface area contributed by atoms with Gasteiger partial charge in [-0.2, -0.15) is 15.4 Å². The maximum absolute atomic E-state index is 12.7. The first-order chi connectivity index (χ1) is 12.5. The van der Waals surface area contributed by atoms with E-state index in [2.05, 4.69) is 15.4 Å². The lowest BCUT2D eigenvalue weighted by Crippen LogP contribution is -2.56. The Morgan fingerprint density at radius 1 is 1.12 bits per heavy atom. The van der Waals surface area contributed by atoms with Crippen molar-refractivity contribution in [2.24, 2.45) is 0 Å². The van der Waals surface area contributed by atoms with Crippen LogP contribution in [0, 0.1) is 0 Å². The van der Waals surface area contributed by atoms with E-state index in [0.717, 1.165) is 0 Å². The summed E-state index contributed by atoms with van der Waals surface area (Å²) in [4.78, 5) is 14.3. The molecule has 1 aromatic heterocycles. The molecule has 2 aromatic carbocycles. The van der Waals surface area contributed by atoms with Gasteiger partial charge in [-0.15, -0.1) is 0 Å². The van der Waals surface area contributed by atoms with Gasteiger partial charge in [-0.25, -0.2) is 8.42 Å². The lowest BCUT2D eigenvalue weighted by atomic mass is 10.1. The fourth-order valence-corrected chi connectivity index (χ4v) is 4.57. The van der Waals surface area contributed by atoms with Crippen LogP contribution in [0.2, 0.25) is 0 Å². The number of amides is 1. The summed E-state index contributed by atoms with van der Waals surface area (Å²) in [5, 5.41) is 9.80. The van der Waals surface area contributed by atoms with Gasteiger partial charge in [0.1, 0.15) is 22.0 Å². The lowest BCUT2D eigenvalue weighted by molar-refractivity contribution is 0.0659. The fraction of sp³-hybridized carbons (Fsp3) is 0.235. The number of hydrogen-bond donors (Lipinski definition) is 1. The smallest absolute Gasteiger partial charge is 0.254 e. The van der Waals surface area contributed by atoms with E-state index in [1.165, 1.54) is 24.1 Å². The van der Waals surface area contributed by atoms with Gasteiger partial charge >= 0.3 is 0 Å². The molecule has 0 aliphatic carbocycles. The Kier molecular flexibility index (Phi) is 3.87. The van der Waals surface area contributed by atoms with E-state index in [-0.39, 0.29) is 23.9 Å². The van der Waals surface area contributed by atoms with E-state index >= 15 is 0 Å². The van der Waals surface area contributed by atoms with Crippen LogP contribution < -0.4 is 4.74 Å². The molecule has 26 heavy (non-hydrogen) atoms. The van der Waals surface area contributed by atoms with Crippen LogP contribution in [-0.4, -0.2) is 60.1 Å². The van der Waals surface area contributed by atoms with Crippen molar-refractivity contribution in [3.63, 3.8) is 0 Å². The predicted molar refractivity (Wildman–Crippen MR) is 93.8 cm³/mol. The van der Waals surface area contributed by atoms with Crippen molar-refractivity contribution in [2.75, 3.05) is 20.2 Å². The number of nitrogens with one attached hydrogen (secondary N) is 1. The van der Waals surface area contributed by atoms with Crippen LogP contribution in [0.3, 0.4) is 0 Å². The molecule has 2 heterocycles. The molecule has 1 saturated heterocycles. The maximum Gasteiger partial charge on any atom is 0.254 e. The largest absolute Gasteiger partial charge is 0.497 e. The van der Waals surface area contributed by atoms with E-state index in [9.17, 15) is 13.2 Å². The summed E-state index contributed by atoms with van der Waals surface area (Å²) in [5.41, 5.74) is 1.73. The third kappa shape index (κ3) is 2.70. The highest BCUT2D eigenvalue weighted by Crippen LogP contribution is 2.26. The van der Waals surface area contributed by atoms with E-state index in [1.807, 2.05) is 0 Å². The van der Waals surface area contributed by atoms with Crippen LogP contribution in [0.4, 0.5) is 0 Å². The number of carbonyl (C=O) groups excluding carboxylic acids is 1. The van der Waals surface area contributed by atoms with Crippen molar-refractivity contribution < 1.29 is 17.9 Å². The molecular formula is C17H16N4O4S. The summed E-state index contributed by atoms with van der Waals surface area (Å²) >= 11 is 0. The predicted octanol–water partition coefficient (Wildman–Crippen LogP) is 1.26. The molecule has 1 aliphatic rings. The molecule has 1 N–H and O–H groups in total. The number of sulfone groups is 1. The molecular weight excluding hydrogens is 356 g/mol. The van der Waals surface area contributed by atoms with E-state index in [1.54, 1.807) is 30.3 Å². The molecule has 0 saturated carbocycles. The van der Waals surface area contributed by atoms with Crippen molar-refractivity contribution in [1.29, 1.82) is 0 Å². The summed E-state index contributed by atoms with van der Waals surface area (Å²) in [6.07, 6.45) is 0. The zero-order chi connectivity index (χ0) is 18.3. The van der Waals surface area contributed by atoms with Crippen LogP contribution in [0.15, 0.2) is 47.4 Å². The second-order valence-corrected chi connectivity index (χ2v) is 8.31. The van der Waals surface area contributed by atoms with E-state index in [0.29, 0.717) is 22.3 Å². The Balaban J connectivity index is 1.47. The van der Waals surface area contributed by atoms with Gasteiger partial charge in [0.2, 0.25) is 0 Å². The Morgan fingerprint density at radius 3 is 2.50 bits per heavy atom. The molecule has 0 radical (unpaired) electrons. The molecule has 134 valence electrons. The summed E-state index contributed by atoms with van der Waals surface area (Å²) in [6, 6.07) is 11.3. The monoisotopic (exact) mass is 372 g/mol. The van der Waals surface area contributed by atoms with Crippen molar-refractivity contribution in [1.82, 2.24) is 20.3 Å². The SMILES string of the molecule is COc1ccc(S(=O)(=O)C2CN(C(=O)c3ccc4n[nH]nc4c3)C2)cc1. The van der Waals surface area contributed by atoms with Crippen LogP contribution in [0.25, 0.3) is 11.0 Å². The second kappa shape index (κ2) is 6.10. The summed E-state index contributed by atoms with van der Waals surface area (Å²) in [6.45, 7) is 0.341. The fourth-order valence-electron chi connectivity index (χ4n) is 2.91. The topological polar surface area (TPSA) is 105 Å². The van der Waals surface area contributed by atoms with Gasteiger partial charge in [0.15, 0.2) is 9.84 Å². The average Bonchev–Trinajstić information content (AvgIpc) is 3.07. The number of hydrogen-bond acceptors (Lipinski definition) is 6. The molecule has 8 nitrogen and oxygen atoms in total. The summed E-state index contributed by atoms with van der Waals surface area (Å²) in [7, 11) is -1.96. The van der Waals surface area contributed by atoms with E-state index < -0.39 is 15.1 Å². The number of likely N-dealkylation sites (tertiary alicyclic amines) is 1. The Hall–Kier alpha value is -2.94.